The quantitative estimate of drug-likeness (QED) is 0.361. The van der Waals surface area contributed by atoms with Gasteiger partial charge in [-0.25, -0.2) is 0 Å². The smallest absolute Gasteiger partial charge is 0.205 e. The van der Waals surface area contributed by atoms with Gasteiger partial charge in [0.25, 0.3) is 0 Å². The van der Waals surface area contributed by atoms with Crippen LogP contribution in [0.4, 0.5) is 0 Å². The summed E-state index contributed by atoms with van der Waals surface area (Å²) in [5, 5.41) is 0.883. The van der Waals surface area contributed by atoms with Crippen molar-refractivity contribution in [3.8, 4) is 11.5 Å². The van der Waals surface area contributed by atoms with Crippen LogP contribution in [-0.4, -0.2) is 44.5 Å². The van der Waals surface area contributed by atoms with Crippen molar-refractivity contribution >= 4 is 16.8 Å². The van der Waals surface area contributed by atoms with Gasteiger partial charge in [0.1, 0.15) is 6.61 Å². The molecule has 0 atom stereocenters. The summed E-state index contributed by atoms with van der Waals surface area (Å²) in [5.74, 6) is 0.964. The third-order valence-electron chi connectivity index (χ3n) is 4.92. The fraction of sp³-hybridized carbons (Fsp3) is 0.375. The first kappa shape index (κ1) is 20.9. The van der Waals surface area contributed by atoms with E-state index in [0.29, 0.717) is 35.9 Å². The summed E-state index contributed by atoms with van der Waals surface area (Å²) in [6.45, 7) is 5.19. The molecule has 3 rings (SSSR count). The number of ketones is 1. The highest BCUT2D eigenvalue weighted by atomic mass is 16.5. The van der Waals surface area contributed by atoms with E-state index in [0.717, 1.165) is 30.3 Å². The van der Waals surface area contributed by atoms with Gasteiger partial charge in [-0.1, -0.05) is 30.3 Å². The van der Waals surface area contributed by atoms with Crippen LogP contribution in [0.15, 0.2) is 47.1 Å². The Balaban J connectivity index is 1.87. The molecular formula is C24H29NO4. The maximum absolute atomic E-state index is 12.4. The Morgan fingerprint density at radius 1 is 1.03 bits per heavy atom. The molecule has 0 radical (unpaired) electrons. The van der Waals surface area contributed by atoms with E-state index in [-0.39, 0.29) is 5.78 Å². The zero-order chi connectivity index (χ0) is 20.8. The zero-order valence-electron chi connectivity index (χ0n) is 17.7. The van der Waals surface area contributed by atoms with Crippen molar-refractivity contribution < 1.29 is 18.7 Å². The lowest BCUT2D eigenvalue weighted by Gasteiger charge is -2.19. The third kappa shape index (κ3) is 4.98. The van der Waals surface area contributed by atoms with Gasteiger partial charge in [-0.3, -0.25) is 4.79 Å². The normalized spacial score (nSPS) is 11.2. The van der Waals surface area contributed by atoms with Crippen molar-refractivity contribution in [1.82, 2.24) is 4.90 Å². The van der Waals surface area contributed by atoms with Crippen molar-refractivity contribution in [3.63, 3.8) is 0 Å². The molecule has 0 aliphatic heterocycles. The first-order chi connectivity index (χ1) is 14.0. The number of furan rings is 1. The molecule has 0 N–H and O–H groups in total. The van der Waals surface area contributed by atoms with Gasteiger partial charge in [0.05, 0.1) is 18.4 Å². The number of hydrogen-bond donors (Lipinski definition) is 0. The van der Waals surface area contributed by atoms with Crippen LogP contribution in [0.5, 0.6) is 11.5 Å². The molecule has 5 heteroatoms. The lowest BCUT2D eigenvalue weighted by atomic mass is 9.99. The van der Waals surface area contributed by atoms with Gasteiger partial charge in [0, 0.05) is 11.9 Å². The minimum Gasteiger partial charge on any atom is -0.487 e. The molecule has 0 unspecified atom stereocenters. The zero-order valence-corrected chi connectivity index (χ0v) is 17.7. The van der Waals surface area contributed by atoms with E-state index in [2.05, 4.69) is 12.1 Å². The van der Waals surface area contributed by atoms with E-state index >= 15 is 0 Å². The molecule has 3 aromatic rings. The Morgan fingerprint density at radius 3 is 2.45 bits per heavy atom. The third-order valence-corrected chi connectivity index (χ3v) is 4.92. The van der Waals surface area contributed by atoms with E-state index in [1.807, 2.05) is 50.2 Å². The topological polar surface area (TPSA) is 51.9 Å². The van der Waals surface area contributed by atoms with E-state index in [1.54, 1.807) is 13.2 Å². The SMILES string of the molecule is CC(=O)c1c(OCCN(C)C)c(OCCCc2ccccc2)c2occc2c1C. The predicted octanol–water partition coefficient (Wildman–Crippen LogP) is 4.90. The molecule has 0 aliphatic carbocycles. The maximum atomic E-state index is 12.4. The van der Waals surface area contributed by atoms with E-state index in [9.17, 15) is 4.79 Å². The molecule has 0 saturated carbocycles. The molecule has 2 aromatic carbocycles. The van der Waals surface area contributed by atoms with Crippen LogP contribution in [0.3, 0.4) is 0 Å². The van der Waals surface area contributed by atoms with Crippen LogP contribution >= 0.6 is 0 Å². The van der Waals surface area contributed by atoms with Crippen LogP contribution < -0.4 is 9.47 Å². The molecule has 154 valence electrons. The predicted molar refractivity (Wildman–Crippen MR) is 115 cm³/mol. The molecule has 0 saturated heterocycles. The molecular weight excluding hydrogens is 366 g/mol. The number of likely N-dealkylation sites (N-methyl/N-ethyl adjacent to an activating group) is 1. The van der Waals surface area contributed by atoms with Crippen molar-refractivity contribution in [1.29, 1.82) is 0 Å². The second kappa shape index (κ2) is 9.61. The highest BCUT2D eigenvalue weighted by Crippen LogP contribution is 2.42. The highest BCUT2D eigenvalue weighted by Gasteiger charge is 2.24. The Hall–Kier alpha value is -2.79. The monoisotopic (exact) mass is 395 g/mol. The van der Waals surface area contributed by atoms with Crippen molar-refractivity contribution in [2.75, 3.05) is 33.9 Å². The number of benzene rings is 2. The van der Waals surface area contributed by atoms with E-state index < -0.39 is 0 Å². The van der Waals surface area contributed by atoms with Crippen LogP contribution in [0.1, 0.15) is 34.8 Å². The first-order valence-corrected chi connectivity index (χ1v) is 9.98. The fourth-order valence-corrected chi connectivity index (χ4v) is 3.42. The number of ether oxygens (including phenoxy) is 2. The Bertz CT molecular complexity index is 960. The molecule has 0 amide bonds. The number of rotatable bonds is 10. The molecule has 5 nitrogen and oxygen atoms in total. The number of nitrogens with zero attached hydrogens (tertiary/aromatic N) is 1. The molecule has 29 heavy (non-hydrogen) atoms. The summed E-state index contributed by atoms with van der Waals surface area (Å²) < 4.78 is 17.9. The average molecular weight is 395 g/mol. The number of Topliss-reactive ketones (excluding diaryl/α,β-unsaturated/α-hetero) is 1. The summed E-state index contributed by atoms with van der Waals surface area (Å²) in [5.41, 5.74) is 3.33. The van der Waals surface area contributed by atoms with Gasteiger partial charge in [0.15, 0.2) is 17.1 Å². The molecule has 1 heterocycles. The lowest BCUT2D eigenvalue weighted by molar-refractivity contribution is 0.101. The summed E-state index contributed by atoms with van der Waals surface area (Å²) in [7, 11) is 3.97. The Kier molecular flexibility index (Phi) is 6.94. The number of hydrogen-bond acceptors (Lipinski definition) is 5. The summed E-state index contributed by atoms with van der Waals surface area (Å²) >= 11 is 0. The van der Waals surface area contributed by atoms with Gasteiger partial charge in [0.2, 0.25) is 5.75 Å². The van der Waals surface area contributed by atoms with Crippen LogP contribution in [0, 0.1) is 6.92 Å². The van der Waals surface area contributed by atoms with E-state index in [4.69, 9.17) is 13.9 Å². The number of fused-ring (bicyclic) bond motifs is 1. The van der Waals surface area contributed by atoms with Crippen molar-refractivity contribution in [2.24, 2.45) is 0 Å². The number of carbonyl (C=O) groups is 1. The fourth-order valence-electron chi connectivity index (χ4n) is 3.42. The van der Waals surface area contributed by atoms with Gasteiger partial charge in [-0.05, 0) is 58.0 Å². The van der Waals surface area contributed by atoms with Gasteiger partial charge >= 0.3 is 0 Å². The van der Waals surface area contributed by atoms with Crippen molar-refractivity contribution in [2.45, 2.75) is 26.7 Å². The van der Waals surface area contributed by atoms with E-state index in [1.165, 1.54) is 5.56 Å². The molecule has 0 aliphatic rings. The Morgan fingerprint density at radius 2 is 1.76 bits per heavy atom. The summed E-state index contributed by atoms with van der Waals surface area (Å²) in [6.07, 6.45) is 3.40. The maximum Gasteiger partial charge on any atom is 0.205 e. The molecule has 0 fully saturated rings. The van der Waals surface area contributed by atoms with Crippen molar-refractivity contribution in [3.05, 3.63) is 59.4 Å². The summed E-state index contributed by atoms with van der Waals surface area (Å²) in [6, 6.07) is 12.2. The molecule has 1 aromatic heterocycles. The minimum absolute atomic E-state index is 0.0420. The number of carbonyl (C=O) groups excluding carboxylic acids is 1. The first-order valence-electron chi connectivity index (χ1n) is 9.98. The van der Waals surface area contributed by atoms with Gasteiger partial charge in [-0.15, -0.1) is 0 Å². The molecule has 0 bridgehead atoms. The Labute approximate surface area is 172 Å². The van der Waals surface area contributed by atoms with Gasteiger partial charge in [-0.2, -0.15) is 0 Å². The highest BCUT2D eigenvalue weighted by molar-refractivity contribution is 6.05. The standard InChI is InChI=1S/C24H29NO4/c1-17-20-12-15-28-22(20)24(27-14-8-11-19-9-6-5-7-10-19)23(21(17)18(2)26)29-16-13-25(3)4/h5-7,9-10,12,15H,8,11,13-14,16H2,1-4H3. The second-order valence-corrected chi connectivity index (χ2v) is 7.47. The minimum atomic E-state index is -0.0420. The molecule has 0 spiro atoms. The van der Waals surface area contributed by atoms with Gasteiger partial charge < -0.3 is 18.8 Å². The lowest BCUT2D eigenvalue weighted by Crippen LogP contribution is -2.20. The second-order valence-electron chi connectivity index (χ2n) is 7.47. The number of aryl methyl sites for hydroxylation is 2. The van der Waals surface area contributed by atoms with Crippen LogP contribution in [-0.2, 0) is 6.42 Å². The van der Waals surface area contributed by atoms with Crippen LogP contribution in [0.25, 0.3) is 11.0 Å². The average Bonchev–Trinajstić information content (AvgIpc) is 3.17. The summed E-state index contributed by atoms with van der Waals surface area (Å²) in [4.78, 5) is 14.5. The van der Waals surface area contributed by atoms with Crippen LogP contribution in [0.2, 0.25) is 0 Å². The largest absolute Gasteiger partial charge is 0.487 e.